The minimum absolute atomic E-state index is 0.0500. The minimum Gasteiger partial charge on any atom is -0.358 e. The molecule has 14 heavy (non-hydrogen) atoms. The van der Waals surface area contributed by atoms with Crippen molar-refractivity contribution in [2.24, 2.45) is 0 Å². The van der Waals surface area contributed by atoms with Crippen molar-refractivity contribution in [1.29, 1.82) is 0 Å². The quantitative estimate of drug-likeness (QED) is 0.836. The first-order valence-corrected chi connectivity index (χ1v) is 5.66. The predicted molar refractivity (Wildman–Crippen MR) is 61.3 cm³/mol. The summed E-state index contributed by atoms with van der Waals surface area (Å²) in [5, 5.41) is 3.68. The van der Waals surface area contributed by atoms with Crippen LogP contribution in [0.4, 0.5) is 0 Å². The summed E-state index contributed by atoms with van der Waals surface area (Å²) in [6.07, 6.45) is 0. The average Bonchev–Trinajstić information content (AvgIpc) is 2.16. The smallest absolute Gasteiger partial charge is 0.230 e. The summed E-state index contributed by atoms with van der Waals surface area (Å²) in [5.74, 6) is 0.269. The van der Waals surface area contributed by atoms with E-state index in [0.717, 1.165) is 4.90 Å². The molecule has 0 bridgehead atoms. The van der Waals surface area contributed by atoms with Crippen LogP contribution >= 0.6 is 35.0 Å². The van der Waals surface area contributed by atoms with E-state index in [4.69, 9.17) is 23.2 Å². The van der Waals surface area contributed by atoms with E-state index >= 15 is 0 Å². The first kappa shape index (κ1) is 11.7. The first-order valence-electron chi connectivity index (χ1n) is 3.92. The normalized spacial score (nSPS) is 9.93. The molecule has 0 radical (unpaired) electrons. The van der Waals surface area contributed by atoms with Gasteiger partial charge in [0, 0.05) is 11.9 Å². The molecule has 0 heterocycles. The fourth-order valence-corrected chi connectivity index (χ4v) is 2.39. The average molecular weight is 250 g/mol. The summed E-state index contributed by atoms with van der Waals surface area (Å²) < 4.78 is 0. The number of halogens is 2. The van der Waals surface area contributed by atoms with Gasteiger partial charge in [-0.05, 0) is 12.1 Å². The molecule has 76 valence electrons. The zero-order valence-electron chi connectivity index (χ0n) is 7.51. The van der Waals surface area contributed by atoms with Gasteiger partial charge in [-0.2, -0.15) is 0 Å². The largest absolute Gasteiger partial charge is 0.358 e. The second-order valence-electron chi connectivity index (χ2n) is 2.51. The molecule has 5 heteroatoms. The van der Waals surface area contributed by atoms with Crippen molar-refractivity contribution in [2.45, 2.75) is 4.90 Å². The number of carbonyl (C=O) groups is 1. The van der Waals surface area contributed by atoms with Crippen LogP contribution in [0.5, 0.6) is 0 Å². The summed E-state index contributed by atoms with van der Waals surface area (Å²) in [5.41, 5.74) is 0. The molecule has 0 saturated carbocycles. The Balaban J connectivity index is 2.71. The van der Waals surface area contributed by atoms with E-state index in [1.807, 2.05) is 0 Å². The van der Waals surface area contributed by atoms with Crippen molar-refractivity contribution in [3.8, 4) is 0 Å². The minimum atomic E-state index is -0.0500. The molecule has 0 spiro atoms. The van der Waals surface area contributed by atoms with E-state index in [0.29, 0.717) is 15.8 Å². The Morgan fingerprint density at radius 3 is 2.50 bits per heavy atom. The van der Waals surface area contributed by atoms with Crippen molar-refractivity contribution in [1.82, 2.24) is 5.32 Å². The lowest BCUT2D eigenvalue weighted by Crippen LogP contribution is -2.19. The maximum atomic E-state index is 11.0. The Hall–Kier alpha value is -0.380. The highest BCUT2D eigenvalue weighted by atomic mass is 35.5. The van der Waals surface area contributed by atoms with Gasteiger partial charge in [0.15, 0.2) is 0 Å². The van der Waals surface area contributed by atoms with E-state index in [1.54, 1.807) is 25.2 Å². The Kier molecular flexibility index (Phi) is 4.58. The molecular formula is C9H9Cl2NOS. The molecule has 1 rings (SSSR count). The number of amides is 1. The Labute approximate surface area is 97.0 Å². The van der Waals surface area contributed by atoms with Crippen LogP contribution in [0.1, 0.15) is 0 Å². The number of rotatable bonds is 3. The SMILES string of the molecule is CNC(=O)CSc1c(Cl)cccc1Cl. The fraction of sp³-hybridized carbons (Fsp3) is 0.222. The van der Waals surface area contributed by atoms with Crippen molar-refractivity contribution in [2.75, 3.05) is 12.8 Å². The van der Waals surface area contributed by atoms with Gasteiger partial charge in [0.2, 0.25) is 5.91 Å². The summed E-state index contributed by atoms with van der Waals surface area (Å²) in [6, 6.07) is 5.27. The van der Waals surface area contributed by atoms with Crippen molar-refractivity contribution >= 4 is 40.9 Å². The number of thioether (sulfide) groups is 1. The molecule has 0 aliphatic rings. The number of hydrogen-bond acceptors (Lipinski definition) is 2. The lowest BCUT2D eigenvalue weighted by molar-refractivity contribution is -0.118. The van der Waals surface area contributed by atoms with Crippen LogP contribution in [0.15, 0.2) is 23.1 Å². The number of carbonyl (C=O) groups excluding carboxylic acids is 1. The molecule has 1 aromatic carbocycles. The molecule has 0 aliphatic heterocycles. The van der Waals surface area contributed by atoms with Gasteiger partial charge in [-0.1, -0.05) is 29.3 Å². The van der Waals surface area contributed by atoms with Crippen molar-refractivity contribution in [3.05, 3.63) is 28.2 Å². The topological polar surface area (TPSA) is 29.1 Å². The molecule has 2 nitrogen and oxygen atoms in total. The third-order valence-electron chi connectivity index (χ3n) is 1.55. The second kappa shape index (κ2) is 5.49. The number of hydrogen-bond donors (Lipinski definition) is 1. The molecular weight excluding hydrogens is 241 g/mol. The van der Waals surface area contributed by atoms with Crippen LogP contribution in [0.2, 0.25) is 10.0 Å². The lowest BCUT2D eigenvalue weighted by atomic mass is 10.4. The van der Waals surface area contributed by atoms with Gasteiger partial charge in [-0.25, -0.2) is 0 Å². The third-order valence-corrected chi connectivity index (χ3v) is 3.53. The molecule has 0 fully saturated rings. The van der Waals surface area contributed by atoms with Gasteiger partial charge in [0.25, 0.3) is 0 Å². The van der Waals surface area contributed by atoms with E-state index in [2.05, 4.69) is 5.32 Å². The maximum absolute atomic E-state index is 11.0. The monoisotopic (exact) mass is 249 g/mol. The van der Waals surface area contributed by atoms with Gasteiger partial charge < -0.3 is 5.32 Å². The Morgan fingerprint density at radius 2 is 2.00 bits per heavy atom. The molecule has 0 aliphatic carbocycles. The molecule has 0 aromatic heterocycles. The van der Waals surface area contributed by atoms with Crippen LogP contribution in [0.25, 0.3) is 0 Å². The Morgan fingerprint density at radius 1 is 1.43 bits per heavy atom. The highest BCUT2D eigenvalue weighted by molar-refractivity contribution is 8.00. The van der Waals surface area contributed by atoms with E-state index in [9.17, 15) is 4.79 Å². The second-order valence-corrected chi connectivity index (χ2v) is 4.31. The van der Waals surface area contributed by atoms with Crippen LogP contribution in [0.3, 0.4) is 0 Å². The molecule has 0 unspecified atom stereocenters. The van der Waals surface area contributed by atoms with E-state index in [1.165, 1.54) is 11.8 Å². The summed E-state index contributed by atoms with van der Waals surface area (Å²) in [7, 11) is 1.59. The molecule has 0 saturated heterocycles. The molecule has 0 atom stereocenters. The lowest BCUT2D eigenvalue weighted by Gasteiger charge is -2.05. The summed E-state index contributed by atoms with van der Waals surface area (Å²) in [6.45, 7) is 0. The van der Waals surface area contributed by atoms with Crippen LogP contribution in [0, 0.1) is 0 Å². The van der Waals surface area contributed by atoms with Crippen molar-refractivity contribution in [3.63, 3.8) is 0 Å². The van der Waals surface area contributed by atoms with E-state index < -0.39 is 0 Å². The highest BCUT2D eigenvalue weighted by Crippen LogP contribution is 2.33. The van der Waals surface area contributed by atoms with Crippen LogP contribution in [-0.4, -0.2) is 18.7 Å². The number of benzene rings is 1. The highest BCUT2D eigenvalue weighted by Gasteiger charge is 2.07. The van der Waals surface area contributed by atoms with Gasteiger partial charge in [0.1, 0.15) is 0 Å². The van der Waals surface area contributed by atoms with Crippen LogP contribution < -0.4 is 5.32 Å². The van der Waals surface area contributed by atoms with Gasteiger partial charge in [-0.15, -0.1) is 11.8 Å². The Bertz CT molecular complexity index is 323. The van der Waals surface area contributed by atoms with Gasteiger partial charge in [0.05, 0.1) is 15.8 Å². The zero-order chi connectivity index (χ0) is 10.6. The predicted octanol–water partition coefficient (Wildman–Crippen LogP) is 2.83. The maximum Gasteiger partial charge on any atom is 0.230 e. The first-order chi connectivity index (χ1) is 6.65. The number of nitrogens with one attached hydrogen (secondary N) is 1. The summed E-state index contributed by atoms with van der Waals surface area (Å²) >= 11 is 13.2. The van der Waals surface area contributed by atoms with Crippen LogP contribution in [-0.2, 0) is 4.79 Å². The standard InChI is InChI=1S/C9H9Cl2NOS/c1-12-8(13)5-14-9-6(10)3-2-4-7(9)11/h2-4H,5H2,1H3,(H,12,13). The molecule has 1 aromatic rings. The molecule has 1 amide bonds. The van der Waals surface area contributed by atoms with E-state index in [-0.39, 0.29) is 5.91 Å². The molecule has 1 N–H and O–H groups in total. The van der Waals surface area contributed by atoms with Crippen molar-refractivity contribution < 1.29 is 4.79 Å². The fourth-order valence-electron chi connectivity index (χ4n) is 0.830. The third kappa shape index (κ3) is 3.08. The zero-order valence-corrected chi connectivity index (χ0v) is 9.84. The summed E-state index contributed by atoms with van der Waals surface area (Å²) in [4.78, 5) is 11.7. The van der Waals surface area contributed by atoms with Gasteiger partial charge in [-0.3, -0.25) is 4.79 Å². The van der Waals surface area contributed by atoms with Gasteiger partial charge >= 0.3 is 0 Å².